The fourth-order valence-corrected chi connectivity index (χ4v) is 3.48. The quantitative estimate of drug-likeness (QED) is 0.844. The van der Waals surface area contributed by atoms with Crippen molar-refractivity contribution < 1.29 is 13.5 Å². The molecule has 4 nitrogen and oxygen atoms in total. The van der Waals surface area contributed by atoms with Gasteiger partial charge in [-0.3, -0.25) is 4.90 Å². The standard InChI is InChI=1S/C13H27NO3S/c1-13(2,3)18(16,17)10-9-14(4)11-7-5-6-8-12(11)15/h11-12,15H,5-10H2,1-4H3. The summed E-state index contributed by atoms with van der Waals surface area (Å²) in [5.74, 6) is 0.163. The lowest BCUT2D eigenvalue weighted by Gasteiger charge is -2.35. The Morgan fingerprint density at radius 1 is 1.22 bits per heavy atom. The Hall–Kier alpha value is -0.130. The smallest absolute Gasteiger partial charge is 0.156 e. The van der Waals surface area contributed by atoms with Crippen molar-refractivity contribution in [3.63, 3.8) is 0 Å². The normalized spacial score (nSPS) is 26.6. The van der Waals surface area contributed by atoms with Gasteiger partial charge in [-0.15, -0.1) is 0 Å². The average Bonchev–Trinajstić information content (AvgIpc) is 2.25. The fraction of sp³-hybridized carbons (Fsp3) is 1.00. The molecule has 0 heterocycles. The number of nitrogens with zero attached hydrogens (tertiary/aromatic N) is 1. The summed E-state index contributed by atoms with van der Waals surface area (Å²) in [6.45, 7) is 5.70. The third-order valence-corrected chi connectivity index (χ3v) is 6.49. The maximum absolute atomic E-state index is 12.0. The predicted octanol–water partition coefficient (Wildman–Crippen LogP) is 1.43. The highest BCUT2D eigenvalue weighted by Crippen LogP contribution is 2.23. The molecule has 2 atom stereocenters. The molecule has 0 spiro atoms. The average molecular weight is 277 g/mol. The molecule has 1 rings (SSSR count). The minimum Gasteiger partial charge on any atom is -0.391 e. The Labute approximate surface area is 111 Å². The molecule has 0 bridgehead atoms. The lowest BCUT2D eigenvalue weighted by molar-refractivity contribution is 0.0348. The summed E-state index contributed by atoms with van der Waals surface area (Å²) in [5.41, 5.74) is 0. The topological polar surface area (TPSA) is 57.6 Å². The molecule has 0 aromatic carbocycles. The van der Waals surface area contributed by atoms with Crippen LogP contribution < -0.4 is 0 Å². The second-order valence-corrected chi connectivity index (χ2v) is 9.19. The van der Waals surface area contributed by atoms with Crippen molar-refractivity contribution in [2.24, 2.45) is 0 Å². The highest BCUT2D eigenvalue weighted by atomic mass is 32.2. The van der Waals surface area contributed by atoms with Gasteiger partial charge in [0, 0.05) is 12.6 Å². The first-order valence-electron chi connectivity index (χ1n) is 6.76. The number of hydrogen-bond acceptors (Lipinski definition) is 4. The van der Waals surface area contributed by atoms with Crippen molar-refractivity contribution in [3.05, 3.63) is 0 Å². The predicted molar refractivity (Wildman–Crippen MR) is 74.4 cm³/mol. The SMILES string of the molecule is CN(CCS(=O)(=O)C(C)(C)C)C1CCCCC1O. The number of hydrogen-bond donors (Lipinski definition) is 1. The van der Waals surface area contributed by atoms with E-state index >= 15 is 0 Å². The van der Waals surface area contributed by atoms with Gasteiger partial charge in [-0.05, 0) is 40.7 Å². The summed E-state index contributed by atoms with van der Waals surface area (Å²) in [6, 6.07) is 0.119. The first-order chi connectivity index (χ1) is 8.15. The van der Waals surface area contributed by atoms with E-state index in [0.29, 0.717) is 6.54 Å². The third kappa shape index (κ3) is 3.93. The molecule has 1 aliphatic carbocycles. The molecular formula is C13H27NO3S. The van der Waals surface area contributed by atoms with Crippen LogP contribution in [-0.2, 0) is 9.84 Å². The fourth-order valence-electron chi connectivity index (χ4n) is 2.34. The Kier molecular flexibility index (Phi) is 5.21. The molecule has 0 aromatic heterocycles. The second kappa shape index (κ2) is 5.88. The Bertz CT molecular complexity index is 359. The zero-order chi connectivity index (χ0) is 14.0. The van der Waals surface area contributed by atoms with Crippen LogP contribution in [0.3, 0.4) is 0 Å². The Morgan fingerprint density at radius 3 is 2.28 bits per heavy atom. The van der Waals surface area contributed by atoms with Crippen LogP contribution in [0.25, 0.3) is 0 Å². The molecule has 1 aliphatic rings. The van der Waals surface area contributed by atoms with E-state index in [1.54, 1.807) is 20.8 Å². The van der Waals surface area contributed by atoms with E-state index in [1.165, 1.54) is 0 Å². The third-order valence-electron chi connectivity index (χ3n) is 3.91. The van der Waals surface area contributed by atoms with Gasteiger partial charge in [-0.1, -0.05) is 12.8 Å². The van der Waals surface area contributed by atoms with Crippen LogP contribution in [0.1, 0.15) is 46.5 Å². The number of sulfone groups is 1. The van der Waals surface area contributed by atoms with Gasteiger partial charge in [0.15, 0.2) is 9.84 Å². The zero-order valence-corrected chi connectivity index (χ0v) is 12.8. The van der Waals surface area contributed by atoms with Gasteiger partial charge >= 0.3 is 0 Å². The Balaban J connectivity index is 2.53. The van der Waals surface area contributed by atoms with E-state index in [2.05, 4.69) is 0 Å². The van der Waals surface area contributed by atoms with E-state index in [0.717, 1.165) is 25.7 Å². The minimum atomic E-state index is -3.07. The van der Waals surface area contributed by atoms with Crippen LogP contribution in [0.2, 0.25) is 0 Å². The molecule has 108 valence electrons. The first-order valence-corrected chi connectivity index (χ1v) is 8.41. The van der Waals surface area contributed by atoms with E-state index in [1.807, 2.05) is 11.9 Å². The van der Waals surface area contributed by atoms with E-state index in [4.69, 9.17) is 0 Å². The van der Waals surface area contributed by atoms with Crippen LogP contribution in [0, 0.1) is 0 Å². The van der Waals surface area contributed by atoms with Crippen molar-refractivity contribution in [1.82, 2.24) is 4.90 Å². The largest absolute Gasteiger partial charge is 0.391 e. The number of rotatable bonds is 4. The van der Waals surface area contributed by atoms with Gasteiger partial charge in [0.2, 0.25) is 0 Å². The summed E-state index contributed by atoms with van der Waals surface area (Å²) in [5, 5.41) is 9.94. The molecule has 1 fully saturated rings. The molecule has 1 saturated carbocycles. The molecule has 1 N–H and O–H groups in total. The molecular weight excluding hydrogens is 250 g/mol. The van der Waals surface area contributed by atoms with Gasteiger partial charge < -0.3 is 5.11 Å². The molecule has 0 saturated heterocycles. The van der Waals surface area contributed by atoms with Crippen molar-refractivity contribution in [1.29, 1.82) is 0 Å². The number of aliphatic hydroxyl groups excluding tert-OH is 1. The van der Waals surface area contributed by atoms with Crippen LogP contribution in [0.5, 0.6) is 0 Å². The van der Waals surface area contributed by atoms with Gasteiger partial charge in [0.1, 0.15) is 0 Å². The van der Waals surface area contributed by atoms with Crippen LogP contribution >= 0.6 is 0 Å². The molecule has 0 aliphatic heterocycles. The lowest BCUT2D eigenvalue weighted by atomic mass is 9.92. The lowest BCUT2D eigenvalue weighted by Crippen LogP contribution is -2.46. The molecule has 0 amide bonds. The van der Waals surface area contributed by atoms with Crippen LogP contribution in [0.4, 0.5) is 0 Å². The van der Waals surface area contributed by atoms with Crippen molar-refractivity contribution in [3.8, 4) is 0 Å². The van der Waals surface area contributed by atoms with E-state index < -0.39 is 14.6 Å². The van der Waals surface area contributed by atoms with Crippen LogP contribution in [-0.4, -0.2) is 54.7 Å². The zero-order valence-electron chi connectivity index (χ0n) is 12.0. The summed E-state index contributed by atoms with van der Waals surface area (Å²) >= 11 is 0. The maximum atomic E-state index is 12.0. The molecule has 18 heavy (non-hydrogen) atoms. The monoisotopic (exact) mass is 277 g/mol. The summed E-state index contributed by atoms with van der Waals surface area (Å²) < 4.78 is 23.4. The maximum Gasteiger partial charge on any atom is 0.156 e. The van der Waals surface area contributed by atoms with Crippen molar-refractivity contribution in [2.75, 3.05) is 19.3 Å². The first kappa shape index (κ1) is 15.9. The summed E-state index contributed by atoms with van der Waals surface area (Å²) in [7, 11) is -1.16. The second-order valence-electron chi connectivity index (χ2n) is 6.33. The van der Waals surface area contributed by atoms with E-state index in [9.17, 15) is 13.5 Å². The highest BCUT2D eigenvalue weighted by molar-refractivity contribution is 7.92. The Morgan fingerprint density at radius 2 is 1.78 bits per heavy atom. The van der Waals surface area contributed by atoms with Gasteiger partial charge in [0.25, 0.3) is 0 Å². The van der Waals surface area contributed by atoms with Crippen molar-refractivity contribution >= 4 is 9.84 Å². The molecule has 2 unspecified atom stereocenters. The minimum absolute atomic E-state index is 0.119. The number of likely N-dealkylation sites (N-methyl/N-ethyl adjacent to an activating group) is 1. The molecule has 0 aromatic rings. The number of aliphatic hydroxyl groups is 1. The molecule has 5 heteroatoms. The van der Waals surface area contributed by atoms with Gasteiger partial charge in [-0.25, -0.2) is 8.42 Å². The van der Waals surface area contributed by atoms with E-state index in [-0.39, 0.29) is 17.9 Å². The van der Waals surface area contributed by atoms with Gasteiger partial charge in [0.05, 0.1) is 16.6 Å². The van der Waals surface area contributed by atoms with Gasteiger partial charge in [-0.2, -0.15) is 0 Å². The highest BCUT2D eigenvalue weighted by Gasteiger charge is 2.31. The van der Waals surface area contributed by atoms with Crippen LogP contribution in [0.15, 0.2) is 0 Å². The van der Waals surface area contributed by atoms with Crippen molar-refractivity contribution in [2.45, 2.75) is 63.3 Å². The summed E-state index contributed by atoms with van der Waals surface area (Å²) in [4.78, 5) is 2.01. The summed E-state index contributed by atoms with van der Waals surface area (Å²) in [6.07, 6.45) is 3.69. The molecule has 0 radical (unpaired) electrons.